The molecule has 0 aromatic heterocycles. The predicted octanol–water partition coefficient (Wildman–Crippen LogP) is -0.797. The van der Waals surface area contributed by atoms with Crippen molar-refractivity contribution in [1.82, 2.24) is 0 Å². The van der Waals surface area contributed by atoms with Crippen LogP contribution in [0.3, 0.4) is 0 Å². The molecule has 15 heavy (non-hydrogen) atoms. The molecule has 0 aliphatic rings. The Morgan fingerprint density at radius 3 is 2.27 bits per heavy atom. The third-order valence-corrected chi connectivity index (χ3v) is 2.94. The summed E-state index contributed by atoms with van der Waals surface area (Å²) in [7, 11) is -4.13. The van der Waals surface area contributed by atoms with Crippen LogP contribution in [0.4, 0.5) is 0 Å². The molecule has 74 valence electrons. The molecule has 0 saturated heterocycles. The van der Waals surface area contributed by atoms with Gasteiger partial charge in [0.1, 0.15) is 4.90 Å². The van der Waals surface area contributed by atoms with Crippen LogP contribution in [0.2, 0.25) is 0 Å². The molecular weight excluding hydrogens is 286 g/mol. The van der Waals surface area contributed by atoms with Crippen molar-refractivity contribution in [3.8, 4) is 0 Å². The summed E-state index contributed by atoms with van der Waals surface area (Å²) < 4.78 is 31.0. The van der Waals surface area contributed by atoms with Crippen molar-refractivity contribution in [2.45, 2.75) is 4.90 Å². The van der Waals surface area contributed by atoms with E-state index >= 15 is 0 Å². The molecule has 0 radical (unpaired) electrons. The van der Waals surface area contributed by atoms with Crippen molar-refractivity contribution >= 4 is 20.9 Å². The van der Waals surface area contributed by atoms with Gasteiger partial charge in [0.05, 0.1) is 0 Å². The first-order chi connectivity index (χ1) is 6.59. The first-order valence-corrected chi connectivity index (χ1v) is 5.48. The summed E-state index contributed by atoms with van der Waals surface area (Å²) in [6, 6.07) is 11.8. The molecule has 0 aliphatic carbocycles. The fraction of sp³-hybridized carbons (Fsp3) is 0. The summed E-state index contributed by atoms with van der Waals surface area (Å²) in [5, 5.41) is 1.33. The predicted molar refractivity (Wildman–Crippen MR) is 54.9 cm³/mol. The van der Waals surface area contributed by atoms with Crippen LogP contribution in [0.15, 0.2) is 47.4 Å². The van der Waals surface area contributed by atoms with E-state index in [9.17, 15) is 8.42 Å². The Balaban J connectivity index is 0.00000112. The summed E-state index contributed by atoms with van der Waals surface area (Å²) in [6.07, 6.45) is 0. The maximum absolute atomic E-state index is 11.0. The van der Waals surface area contributed by atoms with E-state index < -0.39 is 10.1 Å². The maximum Gasteiger partial charge on any atom is 1.00 e. The quantitative estimate of drug-likeness (QED) is 0.701. The Morgan fingerprint density at radius 1 is 1.00 bits per heavy atom. The van der Waals surface area contributed by atoms with Crippen LogP contribution in [0.1, 0.15) is 1.43 Å². The zero-order valence-electron chi connectivity index (χ0n) is 9.21. The van der Waals surface area contributed by atoms with Gasteiger partial charge >= 0.3 is 58.2 Å². The van der Waals surface area contributed by atoms with Crippen LogP contribution in [0.5, 0.6) is 0 Å². The van der Waals surface area contributed by atoms with Gasteiger partial charge in [-0.3, -0.25) is 4.55 Å². The zero-order chi connectivity index (χ0) is 10.2. The SMILES string of the molecule is O=S(=O)(O)c1cccc2ccccc12.[H-].[Rb+]. The van der Waals surface area contributed by atoms with Gasteiger partial charge in [-0.2, -0.15) is 8.42 Å². The average Bonchev–Trinajstić information content (AvgIpc) is 2.15. The average molecular weight is 295 g/mol. The zero-order valence-corrected chi connectivity index (χ0v) is 13.9. The van der Waals surface area contributed by atoms with Crippen LogP contribution >= 0.6 is 0 Å². The van der Waals surface area contributed by atoms with Crippen LogP contribution in [-0.2, 0) is 10.1 Å². The summed E-state index contributed by atoms with van der Waals surface area (Å²) >= 11 is 0. The molecule has 2 aromatic carbocycles. The van der Waals surface area contributed by atoms with Crippen LogP contribution < -0.4 is 58.2 Å². The third-order valence-electron chi connectivity index (χ3n) is 2.03. The number of benzene rings is 2. The van der Waals surface area contributed by atoms with Gasteiger partial charge in [-0.25, -0.2) is 0 Å². The molecule has 0 bridgehead atoms. The largest absolute Gasteiger partial charge is 1.00 e. The molecule has 2 rings (SSSR count). The summed E-state index contributed by atoms with van der Waals surface area (Å²) in [5.41, 5.74) is 0. The summed E-state index contributed by atoms with van der Waals surface area (Å²) in [4.78, 5) is -0.0457. The standard InChI is InChI=1S/C10H8O3S.Rb.H/c11-14(12,13)10-7-3-5-8-4-1-2-6-9(8)10;;/h1-7H,(H,11,12,13);;/q;+1;-1. The van der Waals surface area contributed by atoms with Gasteiger partial charge < -0.3 is 1.43 Å². The maximum atomic E-state index is 11.0. The van der Waals surface area contributed by atoms with Crippen LogP contribution in [0.25, 0.3) is 10.8 Å². The molecule has 0 fully saturated rings. The number of rotatable bonds is 1. The summed E-state index contributed by atoms with van der Waals surface area (Å²) in [5.74, 6) is 0. The minimum Gasteiger partial charge on any atom is -1.00 e. The van der Waals surface area contributed by atoms with Gasteiger partial charge in [0.2, 0.25) is 0 Å². The van der Waals surface area contributed by atoms with E-state index in [4.69, 9.17) is 4.55 Å². The molecule has 0 unspecified atom stereocenters. The van der Waals surface area contributed by atoms with Gasteiger partial charge in [0.25, 0.3) is 10.1 Å². The van der Waals surface area contributed by atoms with E-state index in [0.29, 0.717) is 5.39 Å². The number of hydrogen-bond donors (Lipinski definition) is 1. The second-order valence-electron chi connectivity index (χ2n) is 2.95. The molecule has 2 aromatic rings. The first-order valence-electron chi connectivity index (χ1n) is 4.04. The van der Waals surface area contributed by atoms with Gasteiger partial charge in [0.15, 0.2) is 0 Å². The van der Waals surface area contributed by atoms with Crippen molar-refractivity contribution in [1.29, 1.82) is 0 Å². The molecule has 0 heterocycles. The minimum absolute atomic E-state index is 0. The normalized spacial score (nSPS) is 11.0. The van der Waals surface area contributed by atoms with E-state index in [1.165, 1.54) is 6.07 Å². The molecule has 1 N–H and O–H groups in total. The smallest absolute Gasteiger partial charge is 1.00 e. The molecule has 0 atom stereocenters. The third kappa shape index (κ3) is 2.96. The van der Waals surface area contributed by atoms with E-state index in [-0.39, 0.29) is 64.5 Å². The van der Waals surface area contributed by atoms with Crippen molar-refractivity contribution in [2.75, 3.05) is 0 Å². The van der Waals surface area contributed by atoms with E-state index in [1.807, 2.05) is 6.07 Å². The molecule has 0 saturated carbocycles. The molecule has 0 spiro atoms. The van der Waals surface area contributed by atoms with E-state index in [0.717, 1.165) is 5.39 Å². The number of hydrogen-bond acceptors (Lipinski definition) is 2. The van der Waals surface area contributed by atoms with E-state index in [2.05, 4.69) is 0 Å². The molecule has 0 aliphatic heterocycles. The number of fused-ring (bicyclic) bond motifs is 1. The Kier molecular flexibility index (Phi) is 4.64. The molecule has 5 heteroatoms. The Hall–Kier alpha value is 0.415. The van der Waals surface area contributed by atoms with Crippen LogP contribution in [-0.4, -0.2) is 13.0 Å². The molecular formula is C10H9O3RbS. The minimum atomic E-state index is -4.13. The Bertz CT molecular complexity index is 578. The monoisotopic (exact) mass is 294 g/mol. The Morgan fingerprint density at radius 2 is 1.60 bits per heavy atom. The topological polar surface area (TPSA) is 54.4 Å². The molecule has 3 nitrogen and oxygen atoms in total. The van der Waals surface area contributed by atoms with Crippen molar-refractivity contribution in [2.24, 2.45) is 0 Å². The fourth-order valence-corrected chi connectivity index (χ4v) is 2.13. The van der Waals surface area contributed by atoms with Crippen molar-refractivity contribution < 1.29 is 72.6 Å². The van der Waals surface area contributed by atoms with Crippen molar-refractivity contribution in [3.05, 3.63) is 42.5 Å². The second kappa shape index (κ2) is 5.16. The summed E-state index contributed by atoms with van der Waals surface area (Å²) in [6.45, 7) is 0. The van der Waals surface area contributed by atoms with Crippen molar-refractivity contribution in [3.63, 3.8) is 0 Å². The second-order valence-corrected chi connectivity index (χ2v) is 4.34. The van der Waals surface area contributed by atoms with Crippen LogP contribution in [0, 0.1) is 0 Å². The first kappa shape index (κ1) is 13.5. The molecule has 0 amide bonds. The van der Waals surface area contributed by atoms with Gasteiger partial charge in [0, 0.05) is 5.39 Å². The fourth-order valence-electron chi connectivity index (χ4n) is 1.42. The van der Waals surface area contributed by atoms with Gasteiger partial charge in [-0.05, 0) is 11.5 Å². The van der Waals surface area contributed by atoms with Gasteiger partial charge in [-0.15, -0.1) is 0 Å². The Labute approximate surface area is 139 Å². The van der Waals surface area contributed by atoms with E-state index in [1.54, 1.807) is 30.3 Å². The van der Waals surface area contributed by atoms with Gasteiger partial charge in [-0.1, -0.05) is 36.4 Å².